The maximum Gasteiger partial charge on any atom is 0.147 e. The van der Waals surface area contributed by atoms with E-state index in [-0.39, 0.29) is 12.4 Å². The summed E-state index contributed by atoms with van der Waals surface area (Å²) in [4.78, 5) is 0. The third kappa shape index (κ3) is 4.62. The molecule has 16 heavy (non-hydrogen) atoms. The normalized spacial score (nSPS) is 9.75. The average Bonchev–Trinajstić information content (AvgIpc) is 2.20. The third-order valence-electron chi connectivity index (χ3n) is 1.93. The van der Waals surface area contributed by atoms with Gasteiger partial charge in [0, 0.05) is 6.54 Å². The van der Waals surface area contributed by atoms with Gasteiger partial charge in [-0.05, 0) is 63.0 Å². The van der Waals surface area contributed by atoms with Crippen LogP contribution in [-0.4, -0.2) is 13.2 Å². The van der Waals surface area contributed by atoms with Crippen molar-refractivity contribution in [1.29, 1.82) is 0 Å². The van der Waals surface area contributed by atoms with Gasteiger partial charge >= 0.3 is 0 Å². The van der Waals surface area contributed by atoms with Crippen LogP contribution in [0.3, 0.4) is 0 Å². The maximum absolute atomic E-state index is 5.51. The Hall–Kier alpha value is 0.230. The van der Waals surface area contributed by atoms with Gasteiger partial charge in [-0.25, -0.2) is 0 Å². The highest BCUT2D eigenvalue weighted by Gasteiger charge is 2.07. The van der Waals surface area contributed by atoms with E-state index in [2.05, 4.69) is 56.2 Å². The molecule has 1 aromatic rings. The molecule has 0 saturated carbocycles. The monoisotopic (exact) mass is 371 g/mol. The molecule has 1 aromatic carbocycles. The standard InChI is InChI=1S/C11H15Br2NO.ClH/c1-3-14-7-8-5-9(12)11(15-4-2)10(13)6-8;/h5-6,14H,3-4,7H2,1-2H3;1H. The smallest absolute Gasteiger partial charge is 0.147 e. The Balaban J connectivity index is 0.00000225. The summed E-state index contributed by atoms with van der Waals surface area (Å²) in [6.07, 6.45) is 0. The highest BCUT2D eigenvalue weighted by Crippen LogP contribution is 2.34. The fraction of sp³-hybridized carbons (Fsp3) is 0.455. The van der Waals surface area contributed by atoms with Crippen molar-refractivity contribution in [3.8, 4) is 5.75 Å². The van der Waals surface area contributed by atoms with Crippen LogP contribution < -0.4 is 10.1 Å². The molecule has 5 heteroatoms. The number of ether oxygens (including phenoxy) is 1. The van der Waals surface area contributed by atoms with Gasteiger partial charge in [-0.3, -0.25) is 0 Å². The van der Waals surface area contributed by atoms with Gasteiger partial charge < -0.3 is 10.1 Å². The van der Waals surface area contributed by atoms with E-state index in [0.717, 1.165) is 27.8 Å². The third-order valence-corrected chi connectivity index (χ3v) is 3.10. The highest BCUT2D eigenvalue weighted by atomic mass is 79.9. The largest absolute Gasteiger partial charge is 0.492 e. The minimum atomic E-state index is 0. The van der Waals surface area contributed by atoms with Crippen LogP contribution in [0.5, 0.6) is 5.75 Å². The fourth-order valence-corrected chi connectivity index (χ4v) is 2.78. The first kappa shape index (κ1) is 16.2. The van der Waals surface area contributed by atoms with Gasteiger partial charge in [0.1, 0.15) is 5.75 Å². The van der Waals surface area contributed by atoms with E-state index in [4.69, 9.17) is 4.74 Å². The van der Waals surface area contributed by atoms with Crippen molar-refractivity contribution in [3.63, 3.8) is 0 Å². The van der Waals surface area contributed by atoms with Crippen molar-refractivity contribution in [2.45, 2.75) is 20.4 Å². The number of hydrogen-bond donors (Lipinski definition) is 1. The molecular formula is C11H16Br2ClNO. The summed E-state index contributed by atoms with van der Waals surface area (Å²) in [5.74, 6) is 0.873. The molecule has 0 atom stereocenters. The summed E-state index contributed by atoms with van der Waals surface area (Å²) in [6, 6.07) is 4.16. The molecule has 0 radical (unpaired) electrons. The molecule has 0 spiro atoms. The van der Waals surface area contributed by atoms with Crippen molar-refractivity contribution in [2.75, 3.05) is 13.2 Å². The van der Waals surface area contributed by atoms with Crippen LogP contribution in [0.25, 0.3) is 0 Å². The Morgan fingerprint density at radius 3 is 2.19 bits per heavy atom. The second-order valence-corrected chi connectivity index (χ2v) is 4.81. The molecule has 0 aliphatic rings. The zero-order valence-electron chi connectivity index (χ0n) is 9.35. The molecule has 1 rings (SSSR count). The Labute approximate surface area is 120 Å². The van der Waals surface area contributed by atoms with Crippen LogP contribution in [0.4, 0.5) is 0 Å². The first-order chi connectivity index (χ1) is 7.19. The van der Waals surface area contributed by atoms with Crippen molar-refractivity contribution < 1.29 is 4.74 Å². The topological polar surface area (TPSA) is 21.3 Å². The number of nitrogens with one attached hydrogen (secondary N) is 1. The first-order valence-corrected chi connectivity index (χ1v) is 6.59. The van der Waals surface area contributed by atoms with E-state index in [0.29, 0.717) is 6.61 Å². The first-order valence-electron chi connectivity index (χ1n) is 5.00. The van der Waals surface area contributed by atoms with Crippen molar-refractivity contribution >= 4 is 44.3 Å². The van der Waals surface area contributed by atoms with E-state index in [9.17, 15) is 0 Å². The summed E-state index contributed by atoms with van der Waals surface area (Å²) < 4.78 is 7.50. The second-order valence-electron chi connectivity index (χ2n) is 3.10. The Bertz CT molecular complexity index is 311. The van der Waals surface area contributed by atoms with E-state index < -0.39 is 0 Å². The Morgan fingerprint density at radius 1 is 1.19 bits per heavy atom. The van der Waals surface area contributed by atoms with E-state index in [1.54, 1.807) is 0 Å². The summed E-state index contributed by atoms with van der Waals surface area (Å²) in [6.45, 7) is 6.59. The average molecular weight is 374 g/mol. The molecule has 2 nitrogen and oxygen atoms in total. The predicted octanol–water partition coefficient (Wildman–Crippen LogP) is 4.14. The van der Waals surface area contributed by atoms with Gasteiger partial charge in [-0.15, -0.1) is 12.4 Å². The summed E-state index contributed by atoms with van der Waals surface area (Å²) in [5, 5.41) is 3.29. The van der Waals surface area contributed by atoms with Gasteiger partial charge in [-0.1, -0.05) is 6.92 Å². The lowest BCUT2D eigenvalue weighted by Crippen LogP contribution is -2.11. The minimum absolute atomic E-state index is 0. The summed E-state index contributed by atoms with van der Waals surface area (Å²) >= 11 is 7.02. The van der Waals surface area contributed by atoms with Crippen molar-refractivity contribution in [3.05, 3.63) is 26.6 Å². The van der Waals surface area contributed by atoms with E-state index in [1.807, 2.05) is 6.92 Å². The Morgan fingerprint density at radius 2 is 1.75 bits per heavy atom. The van der Waals surface area contributed by atoms with Gasteiger partial charge in [-0.2, -0.15) is 0 Å². The number of benzene rings is 1. The van der Waals surface area contributed by atoms with Gasteiger partial charge in [0.2, 0.25) is 0 Å². The minimum Gasteiger partial charge on any atom is -0.492 e. The lowest BCUT2D eigenvalue weighted by atomic mass is 10.2. The Kier molecular flexibility index (Phi) is 8.46. The molecule has 0 amide bonds. The van der Waals surface area contributed by atoms with Crippen molar-refractivity contribution in [2.24, 2.45) is 0 Å². The van der Waals surface area contributed by atoms with Gasteiger partial charge in [0.15, 0.2) is 0 Å². The maximum atomic E-state index is 5.51. The van der Waals surface area contributed by atoms with Gasteiger partial charge in [0.25, 0.3) is 0 Å². The van der Waals surface area contributed by atoms with E-state index in [1.165, 1.54) is 5.56 Å². The summed E-state index contributed by atoms with van der Waals surface area (Å²) in [5.41, 5.74) is 1.24. The van der Waals surface area contributed by atoms with E-state index >= 15 is 0 Å². The SMILES string of the molecule is CCNCc1cc(Br)c(OCC)c(Br)c1.Cl. The van der Waals surface area contributed by atoms with Crippen molar-refractivity contribution in [1.82, 2.24) is 5.32 Å². The summed E-state index contributed by atoms with van der Waals surface area (Å²) in [7, 11) is 0. The molecule has 0 aliphatic carbocycles. The molecule has 0 heterocycles. The number of rotatable bonds is 5. The van der Waals surface area contributed by atoms with Crippen LogP contribution in [-0.2, 0) is 6.54 Å². The van der Waals surface area contributed by atoms with Gasteiger partial charge in [0.05, 0.1) is 15.6 Å². The lowest BCUT2D eigenvalue weighted by Gasteiger charge is -2.11. The molecule has 0 saturated heterocycles. The molecule has 92 valence electrons. The molecular weight excluding hydrogens is 357 g/mol. The van der Waals surface area contributed by atoms with Crippen LogP contribution in [0.15, 0.2) is 21.1 Å². The molecule has 0 fully saturated rings. The van der Waals surface area contributed by atoms with Crippen LogP contribution in [0.2, 0.25) is 0 Å². The van der Waals surface area contributed by atoms with Crippen LogP contribution in [0.1, 0.15) is 19.4 Å². The molecule has 0 unspecified atom stereocenters. The number of hydrogen-bond acceptors (Lipinski definition) is 2. The zero-order valence-corrected chi connectivity index (χ0v) is 13.3. The number of halogens is 3. The zero-order chi connectivity index (χ0) is 11.3. The highest BCUT2D eigenvalue weighted by molar-refractivity contribution is 9.11. The molecule has 0 bridgehead atoms. The molecule has 0 aromatic heterocycles. The fourth-order valence-electron chi connectivity index (χ4n) is 1.27. The predicted molar refractivity (Wildman–Crippen MR) is 77.6 cm³/mol. The quantitative estimate of drug-likeness (QED) is 0.837. The second kappa shape index (κ2) is 8.34. The molecule has 1 N–H and O–H groups in total. The molecule has 0 aliphatic heterocycles. The lowest BCUT2D eigenvalue weighted by molar-refractivity contribution is 0.336. The van der Waals surface area contributed by atoms with Crippen LogP contribution in [0, 0.1) is 0 Å². The van der Waals surface area contributed by atoms with Crippen LogP contribution >= 0.6 is 44.3 Å².